The van der Waals surface area contributed by atoms with Crippen LogP contribution in [0, 0.1) is 11.8 Å². The molecule has 1 heterocycles. The summed E-state index contributed by atoms with van der Waals surface area (Å²) in [6.07, 6.45) is 28.6. The Balaban J connectivity index is 2.32. The first-order valence-corrected chi connectivity index (χ1v) is 16.0. The molecule has 0 radical (unpaired) electrons. The maximum atomic E-state index is 6.56. The van der Waals surface area contributed by atoms with E-state index in [1.54, 1.807) is 0 Å². The summed E-state index contributed by atoms with van der Waals surface area (Å²) in [6.45, 7) is 15.5. The fraction of sp³-hybridized carbons (Fsp3) is 1.00. The topological polar surface area (TPSA) is 12.5 Å². The zero-order valence-electron chi connectivity index (χ0n) is 24.4. The Kier molecular flexibility index (Phi) is 20.8. The standard InChI is InChI=1S/C32H65NO/c1-6-10-14-16-20-31(21-17-15-11-7-2)28-33-26-24-32(25-27-33)34-29(5)22-23-30(18-12-8-3)19-13-9-4/h29-32H,6-28H2,1-5H3/t29-/m1/s1. The second kappa shape index (κ2) is 22.1. The summed E-state index contributed by atoms with van der Waals surface area (Å²) in [4.78, 5) is 2.78. The summed E-state index contributed by atoms with van der Waals surface area (Å²) in [7, 11) is 0. The fourth-order valence-corrected chi connectivity index (χ4v) is 5.93. The van der Waals surface area contributed by atoms with E-state index in [1.807, 2.05) is 0 Å². The SMILES string of the molecule is CCCCCCC(CCCCCC)CN1CCC(O[C@H](C)CCC(CCCC)CCCC)CC1. The molecule has 0 bridgehead atoms. The van der Waals surface area contributed by atoms with Crippen molar-refractivity contribution in [1.29, 1.82) is 0 Å². The first kappa shape index (κ1) is 31.9. The van der Waals surface area contributed by atoms with Gasteiger partial charge in [0.15, 0.2) is 0 Å². The van der Waals surface area contributed by atoms with Gasteiger partial charge in [0.05, 0.1) is 12.2 Å². The highest BCUT2D eigenvalue weighted by atomic mass is 16.5. The third-order valence-electron chi connectivity index (χ3n) is 8.32. The van der Waals surface area contributed by atoms with Crippen LogP contribution in [0.2, 0.25) is 0 Å². The van der Waals surface area contributed by atoms with Crippen molar-refractivity contribution in [3.05, 3.63) is 0 Å². The lowest BCUT2D eigenvalue weighted by Gasteiger charge is -2.35. The minimum atomic E-state index is 0.437. The largest absolute Gasteiger partial charge is 0.375 e. The van der Waals surface area contributed by atoms with Crippen molar-refractivity contribution in [2.24, 2.45) is 11.8 Å². The van der Waals surface area contributed by atoms with Crippen LogP contribution >= 0.6 is 0 Å². The van der Waals surface area contributed by atoms with Gasteiger partial charge in [0.25, 0.3) is 0 Å². The zero-order chi connectivity index (χ0) is 24.9. The van der Waals surface area contributed by atoms with Crippen molar-refractivity contribution in [1.82, 2.24) is 4.90 Å². The predicted octanol–water partition coefficient (Wildman–Crippen LogP) is 10.2. The predicted molar refractivity (Wildman–Crippen MR) is 153 cm³/mol. The van der Waals surface area contributed by atoms with Crippen LogP contribution in [0.5, 0.6) is 0 Å². The first-order chi connectivity index (χ1) is 16.6. The lowest BCUT2D eigenvalue weighted by Crippen LogP contribution is -2.40. The van der Waals surface area contributed by atoms with E-state index in [4.69, 9.17) is 4.74 Å². The molecule has 1 saturated heterocycles. The number of nitrogens with zero attached hydrogens (tertiary/aromatic N) is 1. The molecule has 0 aromatic heterocycles. The number of unbranched alkanes of at least 4 members (excludes halogenated alkanes) is 8. The highest BCUT2D eigenvalue weighted by Gasteiger charge is 2.23. The van der Waals surface area contributed by atoms with Crippen LogP contribution in [0.1, 0.15) is 163 Å². The first-order valence-electron chi connectivity index (χ1n) is 16.0. The number of hydrogen-bond acceptors (Lipinski definition) is 2. The van der Waals surface area contributed by atoms with Crippen LogP contribution in [-0.2, 0) is 4.74 Å². The normalized spacial score (nSPS) is 16.7. The van der Waals surface area contributed by atoms with E-state index in [9.17, 15) is 0 Å². The van der Waals surface area contributed by atoms with E-state index in [2.05, 4.69) is 39.5 Å². The molecule has 1 rings (SSSR count). The molecular formula is C32H65NO. The van der Waals surface area contributed by atoms with E-state index in [0.717, 1.165) is 11.8 Å². The molecule has 1 aliphatic heterocycles. The van der Waals surface area contributed by atoms with Crippen LogP contribution in [0.4, 0.5) is 0 Å². The Labute approximate surface area is 216 Å². The molecule has 1 fully saturated rings. The van der Waals surface area contributed by atoms with Crippen molar-refractivity contribution in [2.45, 2.75) is 175 Å². The van der Waals surface area contributed by atoms with Gasteiger partial charge in [-0.05, 0) is 57.3 Å². The average molecular weight is 480 g/mol. The van der Waals surface area contributed by atoms with E-state index < -0.39 is 0 Å². The molecule has 0 N–H and O–H groups in total. The Morgan fingerprint density at radius 3 is 1.59 bits per heavy atom. The van der Waals surface area contributed by atoms with E-state index >= 15 is 0 Å². The highest BCUT2D eigenvalue weighted by molar-refractivity contribution is 4.76. The number of piperidine rings is 1. The number of rotatable bonds is 23. The third kappa shape index (κ3) is 16.6. The Bertz CT molecular complexity index is 397. The van der Waals surface area contributed by atoms with Crippen LogP contribution in [0.3, 0.4) is 0 Å². The second-order valence-corrected chi connectivity index (χ2v) is 11.7. The molecule has 0 unspecified atom stereocenters. The van der Waals surface area contributed by atoms with Crippen molar-refractivity contribution in [2.75, 3.05) is 19.6 Å². The maximum absolute atomic E-state index is 6.56. The minimum absolute atomic E-state index is 0.437. The molecule has 2 nitrogen and oxygen atoms in total. The second-order valence-electron chi connectivity index (χ2n) is 11.7. The van der Waals surface area contributed by atoms with Gasteiger partial charge in [0.2, 0.25) is 0 Å². The average Bonchev–Trinajstić information content (AvgIpc) is 2.85. The van der Waals surface area contributed by atoms with Gasteiger partial charge >= 0.3 is 0 Å². The molecule has 0 spiro atoms. The van der Waals surface area contributed by atoms with Crippen LogP contribution in [0.15, 0.2) is 0 Å². The molecule has 0 aromatic rings. The minimum Gasteiger partial charge on any atom is -0.375 e. The highest BCUT2D eigenvalue weighted by Crippen LogP contribution is 2.26. The van der Waals surface area contributed by atoms with Crippen molar-refractivity contribution < 1.29 is 4.74 Å². The lowest BCUT2D eigenvalue weighted by molar-refractivity contribution is -0.0415. The van der Waals surface area contributed by atoms with Crippen LogP contribution in [-0.4, -0.2) is 36.7 Å². The Hall–Kier alpha value is -0.0800. The fourth-order valence-electron chi connectivity index (χ4n) is 5.93. The van der Waals surface area contributed by atoms with Crippen LogP contribution in [0.25, 0.3) is 0 Å². The van der Waals surface area contributed by atoms with Crippen molar-refractivity contribution in [3.63, 3.8) is 0 Å². The third-order valence-corrected chi connectivity index (χ3v) is 8.32. The number of ether oxygens (including phenoxy) is 1. The molecule has 0 amide bonds. The van der Waals surface area contributed by atoms with Gasteiger partial charge in [-0.1, -0.05) is 118 Å². The molecule has 204 valence electrons. The quantitative estimate of drug-likeness (QED) is 0.135. The molecule has 2 heteroatoms. The molecule has 1 atom stereocenters. The van der Waals surface area contributed by atoms with Crippen molar-refractivity contribution in [3.8, 4) is 0 Å². The molecule has 0 saturated carbocycles. The van der Waals surface area contributed by atoms with Gasteiger partial charge in [-0.3, -0.25) is 0 Å². The summed E-state index contributed by atoms with van der Waals surface area (Å²) < 4.78 is 6.56. The molecule has 34 heavy (non-hydrogen) atoms. The van der Waals surface area contributed by atoms with Gasteiger partial charge in [-0.25, -0.2) is 0 Å². The summed E-state index contributed by atoms with van der Waals surface area (Å²) in [5.41, 5.74) is 0. The van der Waals surface area contributed by atoms with Gasteiger partial charge < -0.3 is 9.64 Å². The molecular weight excluding hydrogens is 414 g/mol. The summed E-state index contributed by atoms with van der Waals surface area (Å²) in [5.74, 6) is 1.85. The summed E-state index contributed by atoms with van der Waals surface area (Å²) in [5, 5.41) is 0. The Morgan fingerprint density at radius 1 is 0.588 bits per heavy atom. The lowest BCUT2D eigenvalue weighted by atomic mass is 9.90. The van der Waals surface area contributed by atoms with E-state index in [-0.39, 0.29) is 0 Å². The maximum Gasteiger partial charge on any atom is 0.0603 e. The van der Waals surface area contributed by atoms with Crippen molar-refractivity contribution >= 4 is 0 Å². The monoisotopic (exact) mass is 480 g/mol. The smallest absolute Gasteiger partial charge is 0.0603 e. The van der Waals surface area contributed by atoms with Gasteiger partial charge in [0.1, 0.15) is 0 Å². The van der Waals surface area contributed by atoms with Gasteiger partial charge in [-0.15, -0.1) is 0 Å². The summed E-state index contributed by atoms with van der Waals surface area (Å²) in [6, 6.07) is 0. The Morgan fingerprint density at radius 2 is 1.09 bits per heavy atom. The molecule has 0 aromatic carbocycles. The van der Waals surface area contributed by atoms with Gasteiger partial charge in [-0.2, -0.15) is 0 Å². The van der Waals surface area contributed by atoms with E-state index in [0.29, 0.717) is 12.2 Å². The van der Waals surface area contributed by atoms with Gasteiger partial charge in [0, 0.05) is 19.6 Å². The molecule has 0 aliphatic carbocycles. The number of hydrogen-bond donors (Lipinski definition) is 0. The summed E-state index contributed by atoms with van der Waals surface area (Å²) >= 11 is 0. The number of likely N-dealkylation sites (tertiary alicyclic amines) is 1. The molecule has 1 aliphatic rings. The zero-order valence-corrected chi connectivity index (χ0v) is 24.4. The van der Waals surface area contributed by atoms with Crippen LogP contribution < -0.4 is 0 Å². The van der Waals surface area contributed by atoms with E-state index in [1.165, 1.54) is 148 Å².